The van der Waals surface area contributed by atoms with Crippen LogP contribution < -0.4 is 5.32 Å². The van der Waals surface area contributed by atoms with Gasteiger partial charge in [-0.3, -0.25) is 19.7 Å². The summed E-state index contributed by atoms with van der Waals surface area (Å²) in [5.74, 6) is -0.893. The van der Waals surface area contributed by atoms with Crippen molar-refractivity contribution >= 4 is 23.3 Å². The Balaban J connectivity index is 3.06. The van der Waals surface area contributed by atoms with Gasteiger partial charge >= 0.3 is 5.97 Å². The highest BCUT2D eigenvalue weighted by molar-refractivity contribution is 5.91. The highest BCUT2D eigenvalue weighted by Crippen LogP contribution is 2.25. The Bertz CT molecular complexity index is 498. The molecule has 0 aliphatic rings. The molecule has 0 aromatic heterocycles. The number of nitro benzene ring substituents is 1. The van der Waals surface area contributed by atoms with E-state index < -0.39 is 16.8 Å². The quantitative estimate of drug-likeness (QED) is 0.494. The first-order chi connectivity index (χ1) is 8.43. The van der Waals surface area contributed by atoms with Gasteiger partial charge < -0.3 is 10.1 Å². The minimum atomic E-state index is -0.619. The maximum absolute atomic E-state index is 11.1. The topological polar surface area (TPSA) is 98.5 Å². The summed E-state index contributed by atoms with van der Waals surface area (Å²) in [6.45, 7) is 1.26. The van der Waals surface area contributed by atoms with Gasteiger partial charge in [0, 0.05) is 13.0 Å². The molecule has 18 heavy (non-hydrogen) atoms. The Labute approximate surface area is 103 Å². The molecule has 0 aliphatic carbocycles. The average molecular weight is 252 g/mol. The van der Waals surface area contributed by atoms with Crippen molar-refractivity contribution in [3.8, 4) is 0 Å². The third-order valence-corrected chi connectivity index (χ3v) is 2.15. The van der Waals surface area contributed by atoms with Crippen LogP contribution >= 0.6 is 0 Å². The van der Waals surface area contributed by atoms with Gasteiger partial charge in [-0.05, 0) is 11.6 Å². The zero-order chi connectivity index (χ0) is 13.7. The SMILES string of the molecule is COC(=O)Cc1ccc(NC(C)=O)c([N+](=O)[O-])c1. The monoisotopic (exact) mass is 252 g/mol. The molecule has 0 unspecified atom stereocenters. The number of nitro groups is 1. The molecule has 0 atom stereocenters. The van der Waals surface area contributed by atoms with E-state index in [1.165, 1.54) is 32.2 Å². The summed E-state index contributed by atoms with van der Waals surface area (Å²) in [7, 11) is 1.24. The molecule has 0 fully saturated rings. The number of anilines is 1. The fourth-order valence-electron chi connectivity index (χ4n) is 1.37. The first-order valence-corrected chi connectivity index (χ1v) is 5.05. The van der Waals surface area contributed by atoms with Crippen LogP contribution in [0.1, 0.15) is 12.5 Å². The standard InChI is InChI=1S/C11H12N2O5/c1-7(14)12-9-4-3-8(6-11(15)18-2)5-10(9)13(16)17/h3-5H,6H2,1-2H3,(H,12,14). The molecular formula is C11H12N2O5. The molecule has 7 nitrogen and oxygen atoms in total. The number of amides is 1. The van der Waals surface area contributed by atoms with Crippen LogP contribution in [0.5, 0.6) is 0 Å². The van der Waals surface area contributed by atoms with Crippen LogP contribution in [0.3, 0.4) is 0 Å². The number of ether oxygens (including phenoxy) is 1. The lowest BCUT2D eigenvalue weighted by molar-refractivity contribution is -0.384. The van der Waals surface area contributed by atoms with Crippen molar-refractivity contribution in [2.75, 3.05) is 12.4 Å². The maximum atomic E-state index is 11.1. The maximum Gasteiger partial charge on any atom is 0.309 e. The number of esters is 1. The average Bonchev–Trinajstić information content (AvgIpc) is 2.30. The molecule has 1 amide bonds. The van der Waals surface area contributed by atoms with Crippen LogP contribution in [0, 0.1) is 10.1 Å². The summed E-state index contributed by atoms with van der Waals surface area (Å²) in [6, 6.07) is 4.15. The molecule has 1 aromatic carbocycles. The van der Waals surface area contributed by atoms with Gasteiger partial charge in [0.25, 0.3) is 5.69 Å². The van der Waals surface area contributed by atoms with Gasteiger partial charge in [0.05, 0.1) is 18.5 Å². The molecule has 96 valence electrons. The van der Waals surface area contributed by atoms with Crippen molar-refractivity contribution in [2.24, 2.45) is 0 Å². The predicted octanol–water partition coefficient (Wildman–Crippen LogP) is 1.27. The van der Waals surface area contributed by atoms with E-state index in [1.807, 2.05) is 0 Å². The van der Waals surface area contributed by atoms with Gasteiger partial charge in [0.2, 0.25) is 5.91 Å². The molecule has 0 saturated carbocycles. The van der Waals surface area contributed by atoms with Gasteiger partial charge in [-0.15, -0.1) is 0 Å². The number of carbonyl (C=O) groups excluding carboxylic acids is 2. The van der Waals surface area contributed by atoms with Crippen molar-refractivity contribution in [1.29, 1.82) is 0 Å². The van der Waals surface area contributed by atoms with E-state index >= 15 is 0 Å². The Morgan fingerprint density at radius 2 is 2.11 bits per heavy atom. The Hall–Kier alpha value is -2.44. The van der Waals surface area contributed by atoms with Crippen molar-refractivity contribution < 1.29 is 19.2 Å². The van der Waals surface area contributed by atoms with E-state index in [0.29, 0.717) is 5.56 Å². The minimum absolute atomic E-state index is 0.0578. The summed E-state index contributed by atoms with van der Waals surface area (Å²) in [5, 5.41) is 13.2. The van der Waals surface area contributed by atoms with E-state index in [4.69, 9.17) is 0 Å². The molecule has 0 radical (unpaired) electrons. The van der Waals surface area contributed by atoms with Crippen molar-refractivity contribution in [3.63, 3.8) is 0 Å². The number of methoxy groups -OCH3 is 1. The highest BCUT2D eigenvalue weighted by Gasteiger charge is 2.16. The number of benzene rings is 1. The third kappa shape index (κ3) is 3.55. The minimum Gasteiger partial charge on any atom is -0.469 e. The molecule has 0 spiro atoms. The second-order valence-corrected chi connectivity index (χ2v) is 3.54. The van der Waals surface area contributed by atoms with E-state index in [9.17, 15) is 19.7 Å². The molecule has 1 rings (SSSR count). The lowest BCUT2D eigenvalue weighted by Gasteiger charge is -2.05. The van der Waals surface area contributed by atoms with Crippen LogP contribution in [-0.2, 0) is 20.7 Å². The summed E-state index contributed by atoms with van der Waals surface area (Å²) in [6.07, 6.45) is -0.0578. The summed E-state index contributed by atoms with van der Waals surface area (Å²) >= 11 is 0. The molecule has 0 saturated heterocycles. The van der Waals surface area contributed by atoms with E-state index in [-0.39, 0.29) is 17.8 Å². The number of nitrogens with one attached hydrogen (secondary N) is 1. The van der Waals surface area contributed by atoms with Crippen LogP contribution in [-0.4, -0.2) is 23.9 Å². The van der Waals surface area contributed by atoms with Gasteiger partial charge in [-0.1, -0.05) is 6.07 Å². The van der Waals surface area contributed by atoms with E-state index in [1.54, 1.807) is 0 Å². The van der Waals surface area contributed by atoms with Crippen LogP contribution in [0.2, 0.25) is 0 Å². The zero-order valence-corrected chi connectivity index (χ0v) is 9.93. The van der Waals surface area contributed by atoms with Gasteiger partial charge in [0.15, 0.2) is 0 Å². The molecule has 1 N–H and O–H groups in total. The third-order valence-electron chi connectivity index (χ3n) is 2.15. The molecule has 0 bridgehead atoms. The molecule has 1 aromatic rings. The van der Waals surface area contributed by atoms with Crippen LogP contribution in [0.25, 0.3) is 0 Å². The number of nitrogens with zero attached hydrogens (tertiary/aromatic N) is 1. The second-order valence-electron chi connectivity index (χ2n) is 3.54. The lowest BCUT2D eigenvalue weighted by Crippen LogP contribution is -2.09. The summed E-state index contributed by atoms with van der Waals surface area (Å²) in [4.78, 5) is 32.2. The highest BCUT2D eigenvalue weighted by atomic mass is 16.6. The second kappa shape index (κ2) is 5.76. The molecular weight excluding hydrogens is 240 g/mol. The van der Waals surface area contributed by atoms with Gasteiger partial charge in [-0.25, -0.2) is 0 Å². The number of hydrogen-bond acceptors (Lipinski definition) is 5. The molecule has 0 aliphatic heterocycles. The first kappa shape index (κ1) is 13.6. The largest absolute Gasteiger partial charge is 0.469 e. The smallest absolute Gasteiger partial charge is 0.309 e. The first-order valence-electron chi connectivity index (χ1n) is 5.05. The Morgan fingerprint density at radius 1 is 1.44 bits per heavy atom. The lowest BCUT2D eigenvalue weighted by atomic mass is 10.1. The van der Waals surface area contributed by atoms with Crippen LogP contribution in [0.4, 0.5) is 11.4 Å². The van der Waals surface area contributed by atoms with Crippen LogP contribution in [0.15, 0.2) is 18.2 Å². The summed E-state index contributed by atoms with van der Waals surface area (Å²) in [5.41, 5.74) is 0.287. The summed E-state index contributed by atoms with van der Waals surface area (Å²) < 4.78 is 4.47. The van der Waals surface area contributed by atoms with Crippen molar-refractivity contribution in [1.82, 2.24) is 0 Å². The van der Waals surface area contributed by atoms with Gasteiger partial charge in [-0.2, -0.15) is 0 Å². The molecule has 7 heteroatoms. The zero-order valence-electron chi connectivity index (χ0n) is 9.93. The fraction of sp³-hybridized carbons (Fsp3) is 0.273. The Morgan fingerprint density at radius 3 is 2.61 bits per heavy atom. The van der Waals surface area contributed by atoms with Crippen molar-refractivity contribution in [2.45, 2.75) is 13.3 Å². The number of rotatable bonds is 4. The van der Waals surface area contributed by atoms with E-state index in [0.717, 1.165) is 0 Å². The fourth-order valence-corrected chi connectivity index (χ4v) is 1.37. The van der Waals surface area contributed by atoms with E-state index in [2.05, 4.69) is 10.1 Å². The number of hydrogen-bond donors (Lipinski definition) is 1. The number of carbonyl (C=O) groups is 2. The van der Waals surface area contributed by atoms with Gasteiger partial charge in [0.1, 0.15) is 5.69 Å². The normalized spacial score (nSPS) is 9.67. The predicted molar refractivity (Wildman–Crippen MR) is 63.1 cm³/mol. The molecule has 0 heterocycles. The van der Waals surface area contributed by atoms with Crippen molar-refractivity contribution in [3.05, 3.63) is 33.9 Å². The Kier molecular flexibility index (Phi) is 4.36.